The molecule has 0 aliphatic rings. The van der Waals surface area contributed by atoms with Crippen molar-refractivity contribution < 1.29 is 9.59 Å². The molecule has 0 saturated heterocycles. The van der Waals surface area contributed by atoms with Gasteiger partial charge in [-0.25, -0.2) is 4.79 Å². The number of hydrogen-bond acceptors (Lipinski definition) is 4. The van der Waals surface area contributed by atoms with E-state index in [9.17, 15) is 9.59 Å². The number of carbonyl (C=O) groups excluding carboxylic acids is 2. The molecule has 116 valence electrons. The van der Waals surface area contributed by atoms with Gasteiger partial charge in [0, 0.05) is 0 Å². The van der Waals surface area contributed by atoms with Gasteiger partial charge in [0.15, 0.2) is 0 Å². The van der Waals surface area contributed by atoms with Crippen molar-refractivity contribution in [3.63, 3.8) is 0 Å². The lowest BCUT2D eigenvalue weighted by Crippen LogP contribution is -2.20. The molecule has 5 nitrogen and oxygen atoms in total. The van der Waals surface area contributed by atoms with Crippen molar-refractivity contribution in [2.24, 2.45) is 0 Å². The first-order valence-electron chi connectivity index (χ1n) is 6.78. The molecule has 3 N–H and O–H groups in total. The van der Waals surface area contributed by atoms with E-state index in [1.54, 1.807) is 30.3 Å². The predicted molar refractivity (Wildman–Crippen MR) is 95.7 cm³/mol. The molecule has 0 radical (unpaired) electrons. The van der Waals surface area contributed by atoms with Crippen LogP contribution in [0.25, 0.3) is 0 Å². The van der Waals surface area contributed by atoms with Gasteiger partial charge >= 0.3 is 6.03 Å². The second-order valence-electron chi connectivity index (χ2n) is 4.53. The summed E-state index contributed by atoms with van der Waals surface area (Å²) in [6, 6.07) is 13.9. The maximum absolute atomic E-state index is 12.1. The van der Waals surface area contributed by atoms with Gasteiger partial charge in [-0.3, -0.25) is 10.1 Å². The molecule has 2 heterocycles. The number of anilines is 3. The third-order valence-corrected chi connectivity index (χ3v) is 4.58. The average molecular weight is 343 g/mol. The van der Waals surface area contributed by atoms with Gasteiger partial charge in [-0.05, 0) is 41.1 Å². The molecular weight excluding hydrogens is 330 g/mol. The quantitative estimate of drug-likeness (QED) is 0.642. The summed E-state index contributed by atoms with van der Waals surface area (Å²) in [5.74, 6) is -0.201. The molecule has 3 amide bonds. The Kier molecular flexibility index (Phi) is 4.70. The molecule has 0 atom stereocenters. The van der Waals surface area contributed by atoms with E-state index in [2.05, 4.69) is 16.0 Å². The van der Waals surface area contributed by atoms with Crippen LogP contribution in [0, 0.1) is 0 Å². The second kappa shape index (κ2) is 7.08. The van der Waals surface area contributed by atoms with Crippen LogP contribution in [-0.4, -0.2) is 11.9 Å². The fraction of sp³-hybridized carbons (Fsp3) is 0. The highest BCUT2D eigenvalue weighted by atomic mass is 32.1. The van der Waals surface area contributed by atoms with E-state index in [-0.39, 0.29) is 11.9 Å². The Morgan fingerprint density at radius 3 is 2.09 bits per heavy atom. The molecule has 2 aromatic heterocycles. The van der Waals surface area contributed by atoms with Crippen molar-refractivity contribution >= 4 is 51.0 Å². The van der Waals surface area contributed by atoms with Gasteiger partial charge in [-0.15, -0.1) is 22.7 Å². The first-order chi connectivity index (χ1) is 11.2. The van der Waals surface area contributed by atoms with Crippen LogP contribution in [-0.2, 0) is 0 Å². The molecule has 0 saturated carbocycles. The van der Waals surface area contributed by atoms with Crippen LogP contribution >= 0.6 is 22.7 Å². The van der Waals surface area contributed by atoms with Gasteiger partial charge in [0.05, 0.1) is 21.3 Å². The van der Waals surface area contributed by atoms with E-state index in [4.69, 9.17) is 0 Å². The number of urea groups is 1. The monoisotopic (exact) mass is 343 g/mol. The minimum Gasteiger partial charge on any atom is -0.319 e. The lowest BCUT2D eigenvalue weighted by molar-refractivity contribution is 0.103. The molecular formula is C16H13N3O2S2. The zero-order chi connectivity index (χ0) is 16.1. The number of benzene rings is 1. The summed E-state index contributed by atoms with van der Waals surface area (Å²) in [4.78, 5) is 24.8. The summed E-state index contributed by atoms with van der Waals surface area (Å²) in [5, 5.41) is 12.8. The number of para-hydroxylation sites is 2. The lowest BCUT2D eigenvalue weighted by Gasteiger charge is -2.12. The van der Waals surface area contributed by atoms with Crippen molar-refractivity contribution in [2.75, 3.05) is 16.0 Å². The van der Waals surface area contributed by atoms with Crippen molar-refractivity contribution in [3.05, 3.63) is 64.2 Å². The summed E-state index contributed by atoms with van der Waals surface area (Å²) < 4.78 is 0. The summed E-state index contributed by atoms with van der Waals surface area (Å²) in [5.41, 5.74) is 1.08. The summed E-state index contributed by atoms with van der Waals surface area (Å²) in [6.45, 7) is 0. The fourth-order valence-corrected chi connectivity index (χ4v) is 3.14. The number of rotatable bonds is 4. The number of nitrogens with one attached hydrogen (secondary N) is 3. The van der Waals surface area contributed by atoms with Gasteiger partial charge in [0.2, 0.25) is 0 Å². The van der Waals surface area contributed by atoms with Crippen LogP contribution in [0.5, 0.6) is 0 Å². The first-order valence-corrected chi connectivity index (χ1v) is 8.54. The normalized spacial score (nSPS) is 10.1. The smallest absolute Gasteiger partial charge is 0.319 e. The molecule has 1 aromatic carbocycles. The molecule has 0 spiro atoms. The maximum atomic E-state index is 12.1. The SMILES string of the molecule is O=C(Nc1cccs1)Nc1ccccc1NC(=O)c1cccs1. The summed E-state index contributed by atoms with van der Waals surface area (Å²) >= 11 is 2.80. The van der Waals surface area contributed by atoms with Gasteiger partial charge < -0.3 is 10.6 Å². The minimum absolute atomic E-state index is 0.201. The Morgan fingerprint density at radius 2 is 1.43 bits per heavy atom. The standard InChI is InChI=1S/C16H13N3O2S2/c20-15(13-7-3-9-22-13)17-11-5-1-2-6-12(11)18-16(21)19-14-8-4-10-23-14/h1-10H,(H,17,20)(H2,18,19,21). The molecule has 0 bridgehead atoms. The molecule has 3 aromatic rings. The van der Waals surface area contributed by atoms with E-state index in [0.717, 1.165) is 5.00 Å². The van der Waals surface area contributed by atoms with E-state index < -0.39 is 0 Å². The van der Waals surface area contributed by atoms with Crippen LogP contribution in [0.1, 0.15) is 9.67 Å². The molecule has 0 fully saturated rings. The summed E-state index contributed by atoms with van der Waals surface area (Å²) in [6.07, 6.45) is 0. The largest absolute Gasteiger partial charge is 0.324 e. The van der Waals surface area contributed by atoms with Crippen molar-refractivity contribution in [1.82, 2.24) is 0 Å². The van der Waals surface area contributed by atoms with Gasteiger partial charge in [-0.2, -0.15) is 0 Å². The highest BCUT2D eigenvalue weighted by molar-refractivity contribution is 7.14. The van der Waals surface area contributed by atoms with Crippen molar-refractivity contribution in [3.8, 4) is 0 Å². The van der Waals surface area contributed by atoms with Crippen LogP contribution < -0.4 is 16.0 Å². The highest BCUT2D eigenvalue weighted by Crippen LogP contribution is 2.23. The predicted octanol–water partition coefficient (Wildman–Crippen LogP) is 4.71. The topological polar surface area (TPSA) is 70.2 Å². The summed E-state index contributed by atoms with van der Waals surface area (Å²) in [7, 11) is 0. The van der Waals surface area contributed by atoms with Crippen LogP contribution in [0.2, 0.25) is 0 Å². The van der Waals surface area contributed by atoms with E-state index >= 15 is 0 Å². The Balaban J connectivity index is 1.70. The molecule has 3 rings (SSSR count). The fourth-order valence-electron chi connectivity index (χ4n) is 1.91. The van der Waals surface area contributed by atoms with Crippen LogP contribution in [0.4, 0.5) is 21.2 Å². The molecule has 0 aliphatic carbocycles. The Labute approximate surface area is 141 Å². The van der Waals surface area contributed by atoms with E-state index in [0.29, 0.717) is 16.3 Å². The van der Waals surface area contributed by atoms with Gasteiger partial charge in [0.25, 0.3) is 5.91 Å². The molecule has 7 heteroatoms. The zero-order valence-corrected chi connectivity index (χ0v) is 13.5. The van der Waals surface area contributed by atoms with Gasteiger partial charge in [-0.1, -0.05) is 18.2 Å². The number of amides is 3. The lowest BCUT2D eigenvalue weighted by atomic mass is 10.2. The van der Waals surface area contributed by atoms with Gasteiger partial charge in [0.1, 0.15) is 0 Å². The second-order valence-corrected chi connectivity index (χ2v) is 6.43. The van der Waals surface area contributed by atoms with E-state index in [1.807, 2.05) is 29.0 Å². The Morgan fingerprint density at radius 1 is 0.739 bits per heavy atom. The Hall–Kier alpha value is -2.64. The molecule has 0 unspecified atom stereocenters. The number of thiophene rings is 2. The Bertz CT molecular complexity index is 799. The highest BCUT2D eigenvalue weighted by Gasteiger charge is 2.11. The van der Waals surface area contributed by atoms with Crippen LogP contribution in [0.3, 0.4) is 0 Å². The van der Waals surface area contributed by atoms with E-state index in [1.165, 1.54) is 22.7 Å². The average Bonchev–Trinajstić information content (AvgIpc) is 3.22. The third kappa shape index (κ3) is 3.97. The molecule has 23 heavy (non-hydrogen) atoms. The van der Waals surface area contributed by atoms with Crippen LogP contribution in [0.15, 0.2) is 59.3 Å². The number of hydrogen-bond donors (Lipinski definition) is 3. The molecule has 0 aliphatic heterocycles. The zero-order valence-electron chi connectivity index (χ0n) is 11.9. The first kappa shape index (κ1) is 15.3. The van der Waals surface area contributed by atoms with Crippen molar-refractivity contribution in [1.29, 1.82) is 0 Å². The number of carbonyl (C=O) groups is 2. The maximum Gasteiger partial charge on any atom is 0.324 e. The third-order valence-electron chi connectivity index (χ3n) is 2.93. The van der Waals surface area contributed by atoms with Crippen molar-refractivity contribution in [2.45, 2.75) is 0 Å². The minimum atomic E-state index is -0.356.